The van der Waals surface area contributed by atoms with Gasteiger partial charge in [-0.25, -0.2) is 23.9 Å². The summed E-state index contributed by atoms with van der Waals surface area (Å²) in [7, 11) is 2.74. The van der Waals surface area contributed by atoms with Crippen LogP contribution in [-0.2, 0) is 14.3 Å². The van der Waals surface area contributed by atoms with Crippen LogP contribution in [0, 0.1) is 16.6 Å². The van der Waals surface area contributed by atoms with Crippen LogP contribution in [0.1, 0.15) is 127 Å². The first-order chi connectivity index (χ1) is 30.3. The Labute approximate surface area is 372 Å². The van der Waals surface area contributed by atoms with Crippen molar-refractivity contribution in [1.29, 1.82) is 0 Å². The molecule has 0 unspecified atom stereocenters. The van der Waals surface area contributed by atoms with Crippen molar-refractivity contribution in [1.82, 2.24) is 40.0 Å². The second-order valence-electron chi connectivity index (χ2n) is 19.8. The molecule has 0 saturated carbocycles. The normalized spacial score (nSPS) is 21.4. The zero-order valence-electron chi connectivity index (χ0n) is 37.9. The SMILES string of the molecule is COC(=O)N[C@H](C(=O)N1CCC[C@H]1c1nc2cc([C@H]3CC[C@H](c4ccc5[nH]c([C@@H]6CCCN6C(=O)[C@@H](N(C)C(=O)O)C(C)(C)C)nc5c4)N3c3ccc(F)cc3)ccc2[nH]1)C(C)(C)C. The topological polar surface area (TPSA) is 180 Å². The number of anilines is 1. The van der Waals surface area contributed by atoms with Crippen LogP contribution in [0.3, 0.4) is 0 Å². The number of halogens is 1. The van der Waals surface area contributed by atoms with E-state index in [4.69, 9.17) is 14.7 Å². The van der Waals surface area contributed by atoms with Gasteiger partial charge >= 0.3 is 12.2 Å². The Morgan fingerprint density at radius 1 is 0.750 bits per heavy atom. The summed E-state index contributed by atoms with van der Waals surface area (Å²) in [5.74, 6) is 0.647. The van der Waals surface area contributed by atoms with Gasteiger partial charge in [-0.2, -0.15) is 0 Å². The van der Waals surface area contributed by atoms with Crippen LogP contribution in [0.15, 0.2) is 60.7 Å². The van der Waals surface area contributed by atoms with Gasteiger partial charge in [0.25, 0.3) is 0 Å². The third-order valence-corrected chi connectivity index (χ3v) is 13.3. The number of aromatic nitrogens is 4. The third kappa shape index (κ3) is 8.46. The number of carboxylic acid groups (broad SMARTS) is 1. The molecule has 8 rings (SSSR count). The predicted molar refractivity (Wildman–Crippen MR) is 241 cm³/mol. The first-order valence-corrected chi connectivity index (χ1v) is 22.3. The molecule has 3 aliphatic heterocycles. The molecule has 3 saturated heterocycles. The minimum absolute atomic E-state index is 0.0651. The summed E-state index contributed by atoms with van der Waals surface area (Å²) in [6.07, 6.45) is 2.86. The van der Waals surface area contributed by atoms with Crippen LogP contribution in [-0.4, -0.2) is 103 Å². The molecule has 5 aromatic rings. The molecule has 340 valence electrons. The summed E-state index contributed by atoms with van der Waals surface area (Å²) in [4.78, 5) is 76.6. The van der Waals surface area contributed by atoms with E-state index in [-0.39, 0.29) is 41.8 Å². The number of nitrogens with zero attached hydrogens (tertiary/aromatic N) is 6. The number of rotatable bonds is 9. The number of likely N-dealkylation sites (N-methyl/N-ethyl adjacent to an activating group) is 1. The van der Waals surface area contributed by atoms with E-state index in [1.165, 1.54) is 26.3 Å². The number of benzene rings is 3. The number of H-pyrrole nitrogens is 2. The maximum atomic E-state index is 14.4. The fraction of sp³-hybridized carbons (Fsp3) is 0.500. The van der Waals surface area contributed by atoms with Crippen LogP contribution >= 0.6 is 0 Å². The van der Waals surface area contributed by atoms with E-state index in [0.717, 1.165) is 75.9 Å². The summed E-state index contributed by atoms with van der Waals surface area (Å²) in [6, 6.07) is 16.7. The van der Waals surface area contributed by atoms with Crippen molar-refractivity contribution >= 4 is 51.8 Å². The minimum atomic E-state index is -1.15. The lowest BCUT2D eigenvalue weighted by Crippen LogP contribution is -2.54. The number of aromatic amines is 2. The maximum Gasteiger partial charge on any atom is 0.407 e. The number of alkyl carbamates (subject to hydrolysis) is 1. The fourth-order valence-corrected chi connectivity index (χ4v) is 10.3. The van der Waals surface area contributed by atoms with Gasteiger partial charge in [0.05, 0.1) is 53.3 Å². The lowest BCUT2D eigenvalue weighted by Gasteiger charge is -2.38. The van der Waals surface area contributed by atoms with E-state index in [2.05, 4.69) is 44.5 Å². The zero-order chi connectivity index (χ0) is 45.8. The molecule has 4 N–H and O–H groups in total. The van der Waals surface area contributed by atoms with Gasteiger partial charge in [-0.15, -0.1) is 0 Å². The maximum absolute atomic E-state index is 14.4. The highest BCUT2D eigenvalue weighted by Gasteiger charge is 2.45. The number of nitrogens with one attached hydrogen (secondary N) is 3. The zero-order valence-corrected chi connectivity index (χ0v) is 37.9. The summed E-state index contributed by atoms with van der Waals surface area (Å²) in [6.45, 7) is 12.4. The van der Waals surface area contributed by atoms with Crippen LogP contribution in [0.2, 0.25) is 0 Å². The van der Waals surface area contributed by atoms with E-state index in [9.17, 15) is 28.7 Å². The van der Waals surface area contributed by atoms with E-state index in [1.807, 2.05) is 70.7 Å². The molecule has 3 aliphatic rings. The number of fused-ring (bicyclic) bond motifs is 2. The first kappa shape index (κ1) is 44.4. The van der Waals surface area contributed by atoms with Crippen molar-refractivity contribution < 1.29 is 33.4 Å². The molecule has 4 amide bonds. The monoisotopic (exact) mass is 877 g/mol. The number of carbonyl (C=O) groups is 4. The van der Waals surface area contributed by atoms with Crippen molar-refractivity contribution in [2.75, 3.05) is 32.1 Å². The van der Waals surface area contributed by atoms with Gasteiger partial charge in [0, 0.05) is 25.8 Å². The first-order valence-electron chi connectivity index (χ1n) is 22.3. The number of amides is 4. The molecule has 64 heavy (non-hydrogen) atoms. The number of ether oxygens (including phenoxy) is 1. The molecule has 15 nitrogen and oxygen atoms in total. The van der Waals surface area contributed by atoms with Crippen LogP contribution < -0.4 is 10.2 Å². The molecule has 0 aliphatic carbocycles. The largest absolute Gasteiger partial charge is 0.465 e. The lowest BCUT2D eigenvalue weighted by molar-refractivity contribution is -0.141. The van der Waals surface area contributed by atoms with Gasteiger partial charge in [0.2, 0.25) is 11.8 Å². The van der Waals surface area contributed by atoms with E-state index in [1.54, 1.807) is 4.90 Å². The average molecular weight is 878 g/mol. The van der Waals surface area contributed by atoms with Crippen molar-refractivity contribution in [2.45, 2.75) is 116 Å². The molecule has 0 radical (unpaired) electrons. The summed E-state index contributed by atoms with van der Waals surface area (Å²) in [5.41, 5.74) is 5.06. The van der Waals surface area contributed by atoms with Crippen molar-refractivity contribution in [3.8, 4) is 0 Å². The molecular formula is C48H60FN9O6. The molecular weight excluding hydrogens is 818 g/mol. The average Bonchev–Trinajstić information content (AvgIpc) is 4.10. The number of hydrogen-bond acceptors (Lipinski definition) is 8. The van der Waals surface area contributed by atoms with Gasteiger partial charge in [-0.1, -0.05) is 53.7 Å². The Kier molecular flexibility index (Phi) is 11.8. The molecule has 16 heteroatoms. The fourth-order valence-electron chi connectivity index (χ4n) is 10.3. The highest BCUT2D eigenvalue weighted by Crippen LogP contribution is 2.48. The predicted octanol–water partition coefficient (Wildman–Crippen LogP) is 8.78. The van der Waals surface area contributed by atoms with Gasteiger partial charge in [-0.3, -0.25) is 14.5 Å². The number of methoxy groups -OCH3 is 1. The number of imidazole rings is 2. The second kappa shape index (κ2) is 17.1. The number of hydrogen-bond donors (Lipinski definition) is 4. The van der Waals surface area contributed by atoms with Gasteiger partial charge < -0.3 is 39.8 Å². The van der Waals surface area contributed by atoms with Crippen LogP contribution in [0.25, 0.3) is 22.1 Å². The quantitative estimate of drug-likeness (QED) is 0.113. The van der Waals surface area contributed by atoms with E-state index >= 15 is 0 Å². The second-order valence-corrected chi connectivity index (χ2v) is 19.8. The Balaban J connectivity index is 1.07. The highest BCUT2D eigenvalue weighted by molar-refractivity contribution is 5.88. The number of carbonyl (C=O) groups excluding carboxylic acids is 3. The van der Waals surface area contributed by atoms with Crippen LogP contribution in [0.4, 0.5) is 19.7 Å². The smallest absolute Gasteiger partial charge is 0.407 e. The van der Waals surface area contributed by atoms with Crippen LogP contribution in [0.5, 0.6) is 0 Å². The molecule has 3 aromatic carbocycles. The lowest BCUT2D eigenvalue weighted by atomic mass is 9.84. The Morgan fingerprint density at radius 3 is 1.70 bits per heavy atom. The Hall–Kier alpha value is -6.19. The molecule has 6 atom stereocenters. The molecule has 0 bridgehead atoms. The van der Waals surface area contributed by atoms with Crippen molar-refractivity contribution in [3.63, 3.8) is 0 Å². The third-order valence-electron chi connectivity index (χ3n) is 13.3. The molecule has 2 aromatic heterocycles. The standard InChI is InChI=1S/C48H60FN9O6/c1-47(2,3)39(54-45(61)64-8)43(59)56-23-9-11-37(56)41-50-31-19-13-27(25-33(31)52-41)35-21-22-36(58(35)30-17-15-29(49)16-18-30)28-14-20-32-34(26-28)53-42(51-32)38-12-10-24-57(38)44(60)40(48(4,5)6)55(7)46(62)63/h13-20,25-26,35-40H,9-12,21-24H2,1-8H3,(H,50,52)(H,51,53)(H,54,61)(H,62,63)/t35-,36-,37+,38+,39-,40-/m1/s1. The summed E-state index contributed by atoms with van der Waals surface area (Å²) in [5, 5.41) is 12.6. The van der Waals surface area contributed by atoms with Gasteiger partial charge in [0.15, 0.2) is 0 Å². The molecule has 0 spiro atoms. The minimum Gasteiger partial charge on any atom is -0.465 e. The summed E-state index contributed by atoms with van der Waals surface area (Å²) < 4.78 is 19.2. The number of likely N-dealkylation sites (tertiary alicyclic amines) is 2. The van der Waals surface area contributed by atoms with E-state index in [0.29, 0.717) is 31.2 Å². The highest BCUT2D eigenvalue weighted by atomic mass is 19.1. The molecule has 3 fully saturated rings. The van der Waals surface area contributed by atoms with Crippen molar-refractivity contribution in [3.05, 3.63) is 89.3 Å². The summed E-state index contributed by atoms with van der Waals surface area (Å²) >= 11 is 0. The Bertz CT molecular complexity index is 2560. The molecule has 5 heterocycles. The Morgan fingerprint density at radius 2 is 1.25 bits per heavy atom. The van der Waals surface area contributed by atoms with Gasteiger partial charge in [0.1, 0.15) is 29.5 Å². The van der Waals surface area contributed by atoms with Crippen molar-refractivity contribution in [2.24, 2.45) is 10.8 Å². The van der Waals surface area contributed by atoms with E-state index < -0.39 is 35.1 Å². The van der Waals surface area contributed by atoms with Gasteiger partial charge in [-0.05, 0) is 109 Å².